The molecule has 2 nitrogen and oxygen atoms in total. The van der Waals surface area contributed by atoms with Crippen molar-refractivity contribution in [2.45, 2.75) is 51.5 Å². The molecule has 1 N–H and O–H groups in total. The number of nitrogens with one attached hydrogen (secondary N) is 1. The molecule has 1 aliphatic rings. The van der Waals surface area contributed by atoms with Gasteiger partial charge in [0.25, 0.3) is 0 Å². The van der Waals surface area contributed by atoms with E-state index in [0.29, 0.717) is 6.04 Å². The zero-order valence-electron chi connectivity index (χ0n) is 12.7. The molecule has 1 aliphatic carbocycles. The second-order valence-corrected chi connectivity index (χ2v) is 6.94. The first-order valence-corrected chi connectivity index (χ1v) is 8.99. The Labute approximate surface area is 131 Å². The summed E-state index contributed by atoms with van der Waals surface area (Å²) >= 11 is 1.70. The minimum atomic E-state index is 0.632. The summed E-state index contributed by atoms with van der Waals surface area (Å²) in [6.07, 6.45) is 9.97. The van der Waals surface area contributed by atoms with Crippen LogP contribution in [-0.4, -0.2) is 11.0 Å². The molecular formula is C18H24N2S. The first kappa shape index (κ1) is 14.6. The molecule has 0 saturated heterocycles. The quantitative estimate of drug-likeness (QED) is 0.745. The lowest BCUT2D eigenvalue weighted by Gasteiger charge is -2.18. The van der Waals surface area contributed by atoms with Crippen molar-refractivity contribution in [3.05, 3.63) is 35.8 Å². The average Bonchev–Trinajstić information content (AvgIpc) is 2.96. The van der Waals surface area contributed by atoms with Crippen molar-refractivity contribution >= 4 is 17.0 Å². The summed E-state index contributed by atoms with van der Waals surface area (Å²) in [7, 11) is 0. The maximum absolute atomic E-state index is 4.40. The SMILES string of the molecule is CCC1CCCC(Nc2cccc(-c3nccs3)c2)CC1. The fraction of sp³-hybridized carbons (Fsp3) is 0.500. The van der Waals surface area contributed by atoms with Crippen molar-refractivity contribution in [3.8, 4) is 10.6 Å². The van der Waals surface area contributed by atoms with Crippen LogP contribution < -0.4 is 5.32 Å². The Kier molecular flexibility index (Phi) is 4.91. The van der Waals surface area contributed by atoms with Crippen LogP contribution in [0.3, 0.4) is 0 Å². The van der Waals surface area contributed by atoms with Crippen molar-refractivity contribution in [1.29, 1.82) is 0 Å². The van der Waals surface area contributed by atoms with Gasteiger partial charge in [-0.15, -0.1) is 11.3 Å². The van der Waals surface area contributed by atoms with Crippen LogP contribution in [0.4, 0.5) is 5.69 Å². The lowest BCUT2D eigenvalue weighted by atomic mass is 9.98. The van der Waals surface area contributed by atoms with Gasteiger partial charge in [-0.25, -0.2) is 4.98 Å². The topological polar surface area (TPSA) is 24.9 Å². The van der Waals surface area contributed by atoms with E-state index < -0.39 is 0 Å². The molecule has 0 amide bonds. The van der Waals surface area contributed by atoms with Crippen molar-refractivity contribution in [3.63, 3.8) is 0 Å². The number of thiazole rings is 1. The Morgan fingerprint density at radius 1 is 1.24 bits per heavy atom. The number of hydrogen-bond acceptors (Lipinski definition) is 3. The van der Waals surface area contributed by atoms with Crippen LogP contribution in [0.15, 0.2) is 35.8 Å². The molecule has 1 aromatic heterocycles. The summed E-state index contributed by atoms with van der Waals surface area (Å²) in [5.74, 6) is 0.943. The first-order valence-electron chi connectivity index (χ1n) is 8.11. The Balaban J connectivity index is 1.66. The number of rotatable bonds is 4. The lowest BCUT2D eigenvalue weighted by Crippen LogP contribution is -2.18. The summed E-state index contributed by atoms with van der Waals surface area (Å²) in [5.41, 5.74) is 2.46. The largest absolute Gasteiger partial charge is 0.382 e. The predicted octanol–water partition coefficient (Wildman–Crippen LogP) is 5.58. The second kappa shape index (κ2) is 7.08. The minimum absolute atomic E-state index is 0.632. The molecular weight excluding hydrogens is 276 g/mol. The van der Waals surface area contributed by atoms with Gasteiger partial charge in [0.15, 0.2) is 0 Å². The zero-order chi connectivity index (χ0) is 14.5. The average molecular weight is 300 g/mol. The highest BCUT2D eigenvalue weighted by Crippen LogP contribution is 2.29. The smallest absolute Gasteiger partial charge is 0.123 e. The number of hydrogen-bond donors (Lipinski definition) is 1. The number of aromatic nitrogens is 1. The summed E-state index contributed by atoms with van der Waals surface area (Å²) in [4.78, 5) is 4.40. The van der Waals surface area contributed by atoms with Crippen LogP contribution in [0.5, 0.6) is 0 Å². The third kappa shape index (κ3) is 3.85. The standard InChI is InChI=1S/C18H24N2S/c1-2-14-5-3-7-16(10-9-14)20-17-8-4-6-15(13-17)18-19-11-12-21-18/h4,6,8,11-14,16,20H,2-3,5,7,9-10H2,1H3. The van der Waals surface area contributed by atoms with Crippen molar-refractivity contribution in [1.82, 2.24) is 4.98 Å². The Hall–Kier alpha value is -1.35. The van der Waals surface area contributed by atoms with Crippen LogP contribution >= 0.6 is 11.3 Å². The van der Waals surface area contributed by atoms with E-state index in [0.717, 1.165) is 10.9 Å². The fourth-order valence-corrected chi connectivity index (χ4v) is 3.91. The van der Waals surface area contributed by atoms with Crippen molar-refractivity contribution in [2.24, 2.45) is 5.92 Å². The molecule has 3 rings (SSSR count). The Morgan fingerprint density at radius 2 is 2.19 bits per heavy atom. The molecule has 112 valence electrons. The van der Waals surface area contributed by atoms with Crippen LogP contribution in [0, 0.1) is 5.92 Å². The van der Waals surface area contributed by atoms with E-state index in [9.17, 15) is 0 Å². The molecule has 1 heterocycles. The monoisotopic (exact) mass is 300 g/mol. The maximum Gasteiger partial charge on any atom is 0.123 e. The predicted molar refractivity (Wildman–Crippen MR) is 91.8 cm³/mol. The van der Waals surface area contributed by atoms with Gasteiger partial charge in [-0.2, -0.15) is 0 Å². The molecule has 2 unspecified atom stereocenters. The molecule has 1 aromatic carbocycles. The maximum atomic E-state index is 4.40. The van der Waals surface area contributed by atoms with Crippen molar-refractivity contribution < 1.29 is 0 Å². The van der Waals surface area contributed by atoms with Crippen molar-refractivity contribution in [2.75, 3.05) is 5.32 Å². The van der Waals surface area contributed by atoms with Gasteiger partial charge >= 0.3 is 0 Å². The summed E-state index contributed by atoms with van der Waals surface area (Å²) in [6, 6.07) is 9.32. The Morgan fingerprint density at radius 3 is 3.00 bits per heavy atom. The molecule has 2 atom stereocenters. The molecule has 0 bridgehead atoms. The normalized spacial score (nSPS) is 22.7. The van der Waals surface area contributed by atoms with Crippen LogP contribution in [0.25, 0.3) is 10.6 Å². The van der Waals surface area contributed by atoms with E-state index >= 15 is 0 Å². The third-order valence-corrected chi connectivity index (χ3v) is 5.40. The molecule has 1 fully saturated rings. The van der Waals surface area contributed by atoms with Gasteiger partial charge in [-0.3, -0.25) is 0 Å². The van der Waals surface area contributed by atoms with Gasteiger partial charge in [-0.05, 0) is 37.3 Å². The Bertz CT molecular complexity index is 550. The molecule has 0 aliphatic heterocycles. The summed E-state index contributed by atoms with van der Waals surface area (Å²) in [5, 5.41) is 6.88. The molecule has 3 heteroatoms. The lowest BCUT2D eigenvalue weighted by molar-refractivity contribution is 0.444. The van der Waals surface area contributed by atoms with Gasteiger partial charge < -0.3 is 5.32 Å². The van der Waals surface area contributed by atoms with E-state index in [-0.39, 0.29) is 0 Å². The van der Waals surface area contributed by atoms with E-state index in [1.165, 1.54) is 49.8 Å². The highest BCUT2D eigenvalue weighted by atomic mass is 32.1. The van der Waals surface area contributed by atoms with Gasteiger partial charge in [0.05, 0.1) is 0 Å². The van der Waals surface area contributed by atoms with E-state index in [1.807, 2.05) is 11.6 Å². The summed E-state index contributed by atoms with van der Waals surface area (Å²) in [6.45, 7) is 2.33. The van der Waals surface area contributed by atoms with Crippen LogP contribution in [-0.2, 0) is 0 Å². The fourth-order valence-electron chi connectivity index (χ4n) is 3.27. The van der Waals surface area contributed by atoms with Crippen LogP contribution in [0.1, 0.15) is 45.4 Å². The third-order valence-electron chi connectivity index (χ3n) is 4.58. The van der Waals surface area contributed by atoms with Gasteiger partial charge in [0.1, 0.15) is 5.01 Å². The number of benzene rings is 1. The van der Waals surface area contributed by atoms with E-state index in [2.05, 4.69) is 41.5 Å². The van der Waals surface area contributed by atoms with Gasteiger partial charge in [0.2, 0.25) is 0 Å². The molecule has 21 heavy (non-hydrogen) atoms. The molecule has 1 saturated carbocycles. The number of nitrogens with zero attached hydrogens (tertiary/aromatic N) is 1. The molecule has 2 aromatic rings. The second-order valence-electron chi connectivity index (χ2n) is 6.04. The number of anilines is 1. The van der Waals surface area contributed by atoms with Crippen LogP contribution in [0.2, 0.25) is 0 Å². The minimum Gasteiger partial charge on any atom is -0.382 e. The highest BCUT2D eigenvalue weighted by Gasteiger charge is 2.17. The first-order chi connectivity index (χ1) is 10.3. The zero-order valence-corrected chi connectivity index (χ0v) is 13.5. The summed E-state index contributed by atoms with van der Waals surface area (Å²) < 4.78 is 0. The molecule has 0 radical (unpaired) electrons. The van der Waals surface area contributed by atoms with E-state index in [1.54, 1.807) is 11.3 Å². The van der Waals surface area contributed by atoms with Gasteiger partial charge in [-0.1, -0.05) is 38.3 Å². The van der Waals surface area contributed by atoms with Gasteiger partial charge in [0, 0.05) is 28.9 Å². The van der Waals surface area contributed by atoms with E-state index in [4.69, 9.17) is 0 Å². The highest BCUT2D eigenvalue weighted by molar-refractivity contribution is 7.13. The molecule has 0 spiro atoms.